The maximum Gasteiger partial charge on any atom is 0.266 e. The number of aryl methyl sites for hydroxylation is 2. The lowest BCUT2D eigenvalue weighted by atomic mass is 10.1. The number of methoxy groups -OCH3 is 1. The normalized spacial score (nSPS) is 10.8. The number of carboxylic acids is 1. The van der Waals surface area contributed by atoms with Crippen LogP contribution in [-0.2, 0) is 4.79 Å². The van der Waals surface area contributed by atoms with Crippen LogP contribution in [-0.4, -0.2) is 19.0 Å². The fraction of sp³-hybridized carbons (Fsp3) is 0.150. The van der Waals surface area contributed by atoms with E-state index in [1.54, 1.807) is 6.07 Å². The van der Waals surface area contributed by atoms with Crippen LogP contribution in [0.1, 0.15) is 27.0 Å². The number of rotatable bonds is 5. The van der Waals surface area contributed by atoms with E-state index in [-0.39, 0.29) is 16.9 Å². The van der Waals surface area contributed by atoms with Crippen molar-refractivity contribution in [3.8, 4) is 11.8 Å². The van der Waals surface area contributed by atoms with Gasteiger partial charge in [0.2, 0.25) is 0 Å². The molecule has 6 heteroatoms. The van der Waals surface area contributed by atoms with Gasteiger partial charge in [-0.05, 0) is 54.8 Å². The molecule has 0 saturated heterocycles. The van der Waals surface area contributed by atoms with Crippen molar-refractivity contribution in [3.05, 3.63) is 64.2 Å². The van der Waals surface area contributed by atoms with Gasteiger partial charge in [-0.2, -0.15) is 5.26 Å². The lowest BCUT2D eigenvalue weighted by Gasteiger charge is -2.11. The summed E-state index contributed by atoms with van der Waals surface area (Å²) in [5.41, 5.74) is 2.51. The quantitative estimate of drug-likeness (QED) is 0.659. The van der Waals surface area contributed by atoms with Crippen LogP contribution in [0.15, 0.2) is 42.0 Å². The molecule has 6 nitrogen and oxygen atoms in total. The van der Waals surface area contributed by atoms with Gasteiger partial charge in [0.15, 0.2) is 0 Å². The Morgan fingerprint density at radius 1 is 1.19 bits per heavy atom. The summed E-state index contributed by atoms with van der Waals surface area (Å²) in [6.07, 6.45) is 1.31. The highest BCUT2D eigenvalue weighted by atomic mass is 16.5. The molecular weight excluding hydrogens is 332 g/mol. The van der Waals surface area contributed by atoms with Gasteiger partial charge in [0.1, 0.15) is 17.4 Å². The average molecular weight is 349 g/mol. The highest BCUT2D eigenvalue weighted by Crippen LogP contribution is 2.22. The summed E-state index contributed by atoms with van der Waals surface area (Å²) >= 11 is 0. The van der Waals surface area contributed by atoms with E-state index in [9.17, 15) is 20.0 Å². The van der Waals surface area contributed by atoms with E-state index in [0.29, 0.717) is 11.3 Å². The molecule has 0 aliphatic heterocycles. The van der Waals surface area contributed by atoms with E-state index in [0.717, 1.165) is 11.1 Å². The van der Waals surface area contributed by atoms with Crippen molar-refractivity contribution in [2.45, 2.75) is 13.8 Å². The van der Waals surface area contributed by atoms with Crippen molar-refractivity contribution in [1.29, 1.82) is 5.26 Å². The minimum Gasteiger partial charge on any atom is -0.545 e. The van der Waals surface area contributed by atoms with Crippen LogP contribution in [0.3, 0.4) is 0 Å². The van der Waals surface area contributed by atoms with Gasteiger partial charge >= 0.3 is 0 Å². The predicted octanol–water partition coefficient (Wildman–Crippen LogP) is 2.22. The van der Waals surface area contributed by atoms with Gasteiger partial charge in [0, 0.05) is 11.3 Å². The van der Waals surface area contributed by atoms with Gasteiger partial charge in [-0.1, -0.05) is 18.2 Å². The zero-order valence-corrected chi connectivity index (χ0v) is 14.6. The number of carbonyl (C=O) groups excluding carboxylic acids is 2. The van der Waals surface area contributed by atoms with Crippen molar-refractivity contribution in [1.82, 2.24) is 0 Å². The SMILES string of the molecule is COc1ccc(/C=C(/C#N)C(=O)Nc2cc(C)ccc2C)cc1C(=O)[O-]. The first-order chi connectivity index (χ1) is 12.3. The third-order valence-electron chi connectivity index (χ3n) is 3.76. The number of benzene rings is 2. The molecule has 132 valence electrons. The van der Waals surface area contributed by atoms with Crippen molar-refractivity contribution in [2.75, 3.05) is 12.4 Å². The Labute approximate surface area is 151 Å². The zero-order valence-electron chi connectivity index (χ0n) is 14.6. The van der Waals surface area contributed by atoms with Gasteiger partial charge in [-0.15, -0.1) is 0 Å². The van der Waals surface area contributed by atoms with Gasteiger partial charge in [0.25, 0.3) is 5.91 Å². The summed E-state index contributed by atoms with van der Waals surface area (Å²) in [6.45, 7) is 3.75. The fourth-order valence-corrected chi connectivity index (χ4v) is 2.35. The van der Waals surface area contributed by atoms with Crippen molar-refractivity contribution >= 4 is 23.6 Å². The Hall–Kier alpha value is -3.59. The molecule has 0 aromatic heterocycles. The summed E-state index contributed by atoms with van der Waals surface area (Å²) in [6, 6.07) is 11.7. The molecule has 0 aliphatic carbocycles. The zero-order chi connectivity index (χ0) is 19.3. The van der Waals surface area contributed by atoms with E-state index < -0.39 is 11.9 Å². The Kier molecular flexibility index (Phi) is 5.76. The number of hydrogen-bond acceptors (Lipinski definition) is 5. The van der Waals surface area contributed by atoms with Crippen LogP contribution in [0.4, 0.5) is 5.69 Å². The fourth-order valence-electron chi connectivity index (χ4n) is 2.35. The van der Waals surface area contributed by atoms with Gasteiger partial charge in [-0.3, -0.25) is 4.79 Å². The first-order valence-electron chi connectivity index (χ1n) is 7.75. The molecule has 0 spiro atoms. The molecule has 0 fully saturated rings. The topological polar surface area (TPSA) is 102 Å². The van der Waals surface area contributed by atoms with Crippen molar-refractivity contribution < 1.29 is 19.4 Å². The van der Waals surface area contributed by atoms with E-state index in [4.69, 9.17) is 4.74 Å². The van der Waals surface area contributed by atoms with Crippen LogP contribution in [0.25, 0.3) is 6.08 Å². The number of amides is 1. The summed E-state index contributed by atoms with van der Waals surface area (Å²) in [5.74, 6) is -1.84. The molecule has 1 amide bonds. The second-order valence-corrected chi connectivity index (χ2v) is 5.69. The van der Waals surface area contributed by atoms with Gasteiger partial charge in [-0.25, -0.2) is 0 Å². The minimum atomic E-state index is -1.41. The molecule has 0 heterocycles. The van der Waals surface area contributed by atoms with Gasteiger partial charge in [0.05, 0.1) is 13.1 Å². The average Bonchev–Trinajstić information content (AvgIpc) is 2.62. The second kappa shape index (κ2) is 7.99. The summed E-state index contributed by atoms with van der Waals surface area (Å²) in [4.78, 5) is 23.6. The maximum atomic E-state index is 12.4. The molecule has 0 saturated carbocycles. The largest absolute Gasteiger partial charge is 0.545 e. The van der Waals surface area contributed by atoms with Crippen LogP contribution in [0, 0.1) is 25.2 Å². The number of anilines is 1. The summed E-state index contributed by atoms with van der Waals surface area (Å²) in [5, 5.41) is 23.2. The first kappa shape index (κ1) is 18.7. The van der Waals surface area contributed by atoms with Crippen molar-refractivity contribution in [3.63, 3.8) is 0 Å². The molecule has 2 rings (SSSR count). The van der Waals surface area contributed by atoms with Crippen LogP contribution >= 0.6 is 0 Å². The number of nitriles is 1. The van der Waals surface area contributed by atoms with Gasteiger partial charge < -0.3 is 20.0 Å². The molecular formula is C20H17N2O4-. The summed E-state index contributed by atoms with van der Waals surface area (Å²) in [7, 11) is 1.34. The third-order valence-corrected chi connectivity index (χ3v) is 3.76. The lowest BCUT2D eigenvalue weighted by Crippen LogP contribution is -2.23. The Bertz CT molecular complexity index is 939. The Morgan fingerprint density at radius 2 is 1.92 bits per heavy atom. The van der Waals surface area contributed by atoms with E-state index in [2.05, 4.69) is 5.32 Å². The van der Waals surface area contributed by atoms with Crippen LogP contribution in [0.2, 0.25) is 0 Å². The number of carbonyl (C=O) groups is 2. The minimum absolute atomic E-state index is 0.139. The number of ether oxygens (including phenoxy) is 1. The Balaban J connectivity index is 2.34. The molecule has 0 aliphatic rings. The predicted molar refractivity (Wildman–Crippen MR) is 95.5 cm³/mol. The smallest absolute Gasteiger partial charge is 0.266 e. The number of carboxylic acid groups (broad SMARTS) is 1. The second-order valence-electron chi connectivity index (χ2n) is 5.69. The number of nitrogens with one attached hydrogen (secondary N) is 1. The van der Waals surface area contributed by atoms with E-state index in [1.165, 1.54) is 25.3 Å². The molecule has 2 aromatic rings. The molecule has 1 N–H and O–H groups in total. The number of nitrogens with zero attached hydrogens (tertiary/aromatic N) is 1. The first-order valence-corrected chi connectivity index (χ1v) is 7.75. The molecule has 0 bridgehead atoms. The lowest BCUT2D eigenvalue weighted by molar-refractivity contribution is -0.255. The molecule has 26 heavy (non-hydrogen) atoms. The maximum absolute atomic E-state index is 12.4. The molecule has 0 atom stereocenters. The molecule has 2 aromatic carbocycles. The van der Waals surface area contributed by atoms with E-state index >= 15 is 0 Å². The monoisotopic (exact) mass is 349 g/mol. The van der Waals surface area contributed by atoms with Crippen LogP contribution in [0.5, 0.6) is 5.75 Å². The number of aromatic carboxylic acids is 1. The third kappa shape index (κ3) is 4.28. The van der Waals surface area contributed by atoms with Crippen molar-refractivity contribution in [2.24, 2.45) is 0 Å². The Morgan fingerprint density at radius 3 is 2.54 bits per heavy atom. The van der Waals surface area contributed by atoms with Crippen LogP contribution < -0.4 is 15.2 Å². The van der Waals surface area contributed by atoms with E-state index in [1.807, 2.05) is 38.1 Å². The molecule has 0 unspecified atom stereocenters. The molecule has 0 radical (unpaired) electrons. The highest BCUT2D eigenvalue weighted by molar-refractivity contribution is 6.10. The number of hydrogen-bond donors (Lipinski definition) is 1. The highest BCUT2D eigenvalue weighted by Gasteiger charge is 2.12. The standard InChI is InChI=1S/C20H18N2O4/c1-12-4-5-13(2)17(8-12)22-19(23)15(11-21)9-14-6-7-18(26-3)16(10-14)20(24)25/h4-10H,1-3H3,(H,22,23)(H,24,25)/p-1/b15-9-. The summed E-state index contributed by atoms with van der Waals surface area (Å²) < 4.78 is 4.96.